The number of aliphatic hydroxyl groups is 1. The minimum absolute atomic E-state index is 0.0910. The molecule has 1 aromatic carbocycles. The maximum Gasteiger partial charge on any atom is 0.328 e. The van der Waals surface area contributed by atoms with Gasteiger partial charge in [0.05, 0.1) is 13.7 Å². The van der Waals surface area contributed by atoms with E-state index < -0.39 is 36.0 Å². The summed E-state index contributed by atoms with van der Waals surface area (Å²) in [5, 5.41) is 15.4. The van der Waals surface area contributed by atoms with Gasteiger partial charge in [-0.3, -0.25) is 9.59 Å². The van der Waals surface area contributed by atoms with E-state index in [1.54, 1.807) is 38.1 Å². The molecular weight excluding hydrogens is 408 g/mol. The van der Waals surface area contributed by atoms with Crippen molar-refractivity contribution in [1.29, 1.82) is 0 Å². The molecule has 0 aliphatic carbocycles. The number of nitrogens with one attached hydrogen (secondary N) is 1. The van der Waals surface area contributed by atoms with Gasteiger partial charge in [-0.05, 0) is 29.1 Å². The topological polar surface area (TPSA) is 160 Å². The molecule has 0 aromatic heterocycles. The Balaban J connectivity index is 2.85. The number of nitrogens with zero attached hydrogens (tertiary/aromatic N) is 3. The average molecular weight is 436 g/mol. The van der Waals surface area contributed by atoms with E-state index in [-0.39, 0.29) is 25.6 Å². The zero-order chi connectivity index (χ0) is 23.4. The van der Waals surface area contributed by atoms with E-state index in [0.29, 0.717) is 11.3 Å². The van der Waals surface area contributed by atoms with Crippen LogP contribution in [-0.2, 0) is 30.3 Å². The van der Waals surface area contributed by atoms with E-state index in [9.17, 15) is 19.5 Å². The summed E-state index contributed by atoms with van der Waals surface area (Å²) in [5.74, 6) is -1.51. The molecule has 0 radical (unpaired) electrons. The number of hydrogen-bond donors (Lipinski definition) is 2. The van der Waals surface area contributed by atoms with E-state index >= 15 is 0 Å². The Hall–Kier alpha value is -3.30. The first-order valence-corrected chi connectivity index (χ1v) is 9.64. The summed E-state index contributed by atoms with van der Waals surface area (Å²) in [5.41, 5.74) is 9.36. The highest BCUT2D eigenvalue weighted by Gasteiger charge is 2.27. The van der Waals surface area contributed by atoms with E-state index in [2.05, 4.69) is 15.3 Å². The van der Waals surface area contributed by atoms with Gasteiger partial charge in [-0.15, -0.1) is 0 Å². The Labute approximate surface area is 180 Å². The smallest absolute Gasteiger partial charge is 0.328 e. The number of esters is 2. The standard InChI is InChI=1S/C20H28N4O7/c1-12(2)18(23-24-21)19(27)22-17(20(28)29-4)9-14-5-7-15(8-6-14)31-16(10-25)11-30-13(3)26/h5-8,12,16-18,25H,9-11H2,1-4H3,(H,22,27)/t16?,17-,18+/m0/s1. The maximum atomic E-state index is 12.5. The Morgan fingerprint density at radius 3 is 2.35 bits per heavy atom. The summed E-state index contributed by atoms with van der Waals surface area (Å²) in [6.45, 7) is 4.29. The lowest BCUT2D eigenvalue weighted by molar-refractivity contribution is -0.145. The van der Waals surface area contributed by atoms with Gasteiger partial charge in [-0.2, -0.15) is 0 Å². The molecule has 1 amide bonds. The molecular formula is C20H28N4O7. The molecule has 1 rings (SSSR count). The van der Waals surface area contributed by atoms with Gasteiger partial charge in [0, 0.05) is 18.3 Å². The minimum atomic E-state index is -0.978. The monoisotopic (exact) mass is 436 g/mol. The lowest BCUT2D eigenvalue weighted by Gasteiger charge is -2.21. The second-order valence-electron chi connectivity index (χ2n) is 7.05. The summed E-state index contributed by atoms with van der Waals surface area (Å²) in [6, 6.07) is 4.68. The second kappa shape index (κ2) is 13.1. The highest BCUT2D eigenvalue weighted by molar-refractivity contribution is 5.88. The summed E-state index contributed by atoms with van der Waals surface area (Å²) in [4.78, 5) is 38.2. The molecule has 31 heavy (non-hydrogen) atoms. The van der Waals surface area contributed by atoms with E-state index in [1.807, 2.05) is 0 Å². The largest absolute Gasteiger partial charge is 0.484 e. The number of benzene rings is 1. The van der Waals surface area contributed by atoms with Gasteiger partial charge in [-0.25, -0.2) is 4.79 Å². The number of carbonyl (C=O) groups excluding carboxylic acids is 3. The van der Waals surface area contributed by atoms with Gasteiger partial charge in [-0.1, -0.05) is 31.1 Å². The fourth-order valence-corrected chi connectivity index (χ4v) is 2.60. The SMILES string of the molecule is COC(=O)[C@H](Cc1ccc(OC(CO)COC(C)=O)cc1)NC(=O)[C@H](N=[N+]=[N-])C(C)C. The van der Waals surface area contributed by atoms with Crippen molar-refractivity contribution in [2.45, 2.75) is 45.4 Å². The summed E-state index contributed by atoms with van der Waals surface area (Å²) in [7, 11) is 1.21. The first-order valence-electron chi connectivity index (χ1n) is 9.64. The fraction of sp³-hybridized carbons (Fsp3) is 0.550. The number of hydrogen-bond acceptors (Lipinski definition) is 8. The van der Waals surface area contributed by atoms with Gasteiger partial charge >= 0.3 is 11.9 Å². The number of amides is 1. The molecule has 0 saturated heterocycles. The highest BCUT2D eigenvalue weighted by atomic mass is 16.6. The van der Waals surface area contributed by atoms with Crippen LogP contribution in [0.25, 0.3) is 10.4 Å². The molecule has 0 fully saturated rings. The molecule has 11 nitrogen and oxygen atoms in total. The van der Waals surface area contributed by atoms with Crippen LogP contribution in [0.1, 0.15) is 26.3 Å². The Morgan fingerprint density at radius 1 is 1.23 bits per heavy atom. The first-order chi connectivity index (χ1) is 14.7. The lowest BCUT2D eigenvalue weighted by atomic mass is 10.0. The number of carbonyl (C=O) groups is 3. The number of ether oxygens (including phenoxy) is 3. The van der Waals surface area contributed by atoms with Gasteiger partial charge in [0.2, 0.25) is 5.91 Å². The quantitative estimate of drug-likeness (QED) is 0.217. The van der Waals surface area contributed by atoms with E-state index in [1.165, 1.54) is 14.0 Å². The summed E-state index contributed by atoms with van der Waals surface area (Å²) < 4.78 is 15.2. The molecule has 170 valence electrons. The van der Waals surface area contributed by atoms with Crippen LogP contribution in [0.2, 0.25) is 0 Å². The molecule has 0 aliphatic heterocycles. The van der Waals surface area contributed by atoms with E-state index in [0.717, 1.165) is 0 Å². The Bertz CT molecular complexity index is 791. The normalized spacial score (nSPS) is 13.4. The van der Waals surface area contributed by atoms with Crippen molar-refractivity contribution in [1.82, 2.24) is 5.32 Å². The van der Waals surface area contributed by atoms with Gasteiger partial charge in [0.15, 0.2) is 6.10 Å². The van der Waals surface area contributed by atoms with Crippen LogP contribution in [0.15, 0.2) is 29.4 Å². The number of azide groups is 1. The Kier molecular flexibility index (Phi) is 10.9. The second-order valence-corrected chi connectivity index (χ2v) is 7.05. The number of aliphatic hydroxyl groups excluding tert-OH is 1. The van der Waals surface area contributed by atoms with Crippen LogP contribution in [-0.4, -0.2) is 61.5 Å². The Morgan fingerprint density at radius 2 is 1.87 bits per heavy atom. The summed E-state index contributed by atoms with van der Waals surface area (Å²) >= 11 is 0. The molecule has 2 N–H and O–H groups in total. The van der Waals surface area contributed by atoms with Crippen LogP contribution in [0.3, 0.4) is 0 Å². The predicted octanol–water partition coefficient (Wildman–Crippen LogP) is 1.52. The van der Waals surface area contributed by atoms with Crippen LogP contribution in [0.4, 0.5) is 0 Å². The number of methoxy groups -OCH3 is 1. The third-order valence-electron chi connectivity index (χ3n) is 4.22. The van der Waals surface area contributed by atoms with Crippen molar-refractivity contribution in [2.24, 2.45) is 11.0 Å². The zero-order valence-electron chi connectivity index (χ0n) is 18.0. The summed E-state index contributed by atoms with van der Waals surface area (Å²) in [6.07, 6.45) is -0.582. The molecule has 11 heteroatoms. The number of rotatable bonds is 12. The third kappa shape index (κ3) is 8.93. The predicted molar refractivity (Wildman–Crippen MR) is 110 cm³/mol. The highest BCUT2D eigenvalue weighted by Crippen LogP contribution is 2.16. The van der Waals surface area contributed by atoms with Crippen LogP contribution in [0.5, 0.6) is 5.75 Å². The molecule has 0 spiro atoms. The van der Waals surface area contributed by atoms with Crippen molar-refractivity contribution in [3.05, 3.63) is 40.3 Å². The van der Waals surface area contributed by atoms with E-state index in [4.69, 9.17) is 19.7 Å². The van der Waals surface area contributed by atoms with Crippen molar-refractivity contribution < 1.29 is 33.7 Å². The van der Waals surface area contributed by atoms with Crippen molar-refractivity contribution in [3.8, 4) is 5.75 Å². The molecule has 1 unspecified atom stereocenters. The fourth-order valence-electron chi connectivity index (χ4n) is 2.60. The maximum absolute atomic E-state index is 12.5. The van der Waals surface area contributed by atoms with Crippen LogP contribution in [0, 0.1) is 5.92 Å². The lowest BCUT2D eigenvalue weighted by Crippen LogP contribution is -2.47. The molecule has 0 heterocycles. The van der Waals surface area contributed by atoms with Crippen molar-refractivity contribution in [2.75, 3.05) is 20.3 Å². The van der Waals surface area contributed by atoms with Gasteiger partial charge in [0.25, 0.3) is 0 Å². The molecule has 0 saturated carbocycles. The third-order valence-corrected chi connectivity index (χ3v) is 4.22. The van der Waals surface area contributed by atoms with Crippen LogP contribution >= 0.6 is 0 Å². The molecule has 0 aliphatic rings. The minimum Gasteiger partial charge on any atom is -0.484 e. The molecule has 1 aromatic rings. The van der Waals surface area contributed by atoms with Crippen molar-refractivity contribution in [3.63, 3.8) is 0 Å². The average Bonchev–Trinajstić information content (AvgIpc) is 2.74. The molecule has 0 bridgehead atoms. The zero-order valence-corrected chi connectivity index (χ0v) is 18.0. The van der Waals surface area contributed by atoms with Crippen molar-refractivity contribution >= 4 is 17.8 Å². The molecule has 3 atom stereocenters. The van der Waals surface area contributed by atoms with Crippen LogP contribution < -0.4 is 10.1 Å². The van der Waals surface area contributed by atoms with Gasteiger partial charge in [0.1, 0.15) is 24.4 Å². The first kappa shape index (κ1) is 25.7. The van der Waals surface area contributed by atoms with Gasteiger partial charge < -0.3 is 24.6 Å².